The van der Waals surface area contributed by atoms with E-state index in [1.54, 1.807) is 6.07 Å². The molecular weight excluding hydrogens is 252 g/mol. The van der Waals surface area contributed by atoms with E-state index in [-0.39, 0.29) is 5.91 Å². The van der Waals surface area contributed by atoms with Gasteiger partial charge in [0, 0.05) is 19.1 Å². The first-order valence-corrected chi connectivity index (χ1v) is 7.50. The third-order valence-corrected chi connectivity index (χ3v) is 3.25. The van der Waals surface area contributed by atoms with E-state index in [1.165, 1.54) is 0 Å². The predicted octanol–water partition coefficient (Wildman–Crippen LogP) is 2.56. The molecule has 1 aromatic rings. The van der Waals surface area contributed by atoms with Crippen LogP contribution in [-0.2, 0) is 0 Å². The highest BCUT2D eigenvalue weighted by Gasteiger charge is 2.33. The fourth-order valence-corrected chi connectivity index (χ4v) is 2.12. The minimum atomic E-state index is 0.00995. The minimum Gasteiger partial charge on any atom is -0.369 e. The zero-order valence-corrected chi connectivity index (χ0v) is 12.6. The van der Waals surface area contributed by atoms with Crippen LogP contribution in [0.5, 0.6) is 0 Å². The Kier molecular flexibility index (Phi) is 4.93. The Morgan fingerprint density at radius 2 is 2.15 bits per heavy atom. The van der Waals surface area contributed by atoms with E-state index in [9.17, 15) is 4.79 Å². The standard InChI is InChI=1S/C15H24N4O/c1-4-9-16-14-8-7-13(17-18-14)15(20)19(10-11(2)3)12-5-6-12/h7-8,11-12H,4-6,9-10H2,1-3H3,(H,16,18). The summed E-state index contributed by atoms with van der Waals surface area (Å²) in [5.74, 6) is 1.21. The maximum atomic E-state index is 12.5. The first-order chi connectivity index (χ1) is 9.61. The molecule has 5 nitrogen and oxygen atoms in total. The molecule has 0 bridgehead atoms. The van der Waals surface area contributed by atoms with Gasteiger partial charge in [-0.15, -0.1) is 10.2 Å². The highest BCUT2D eigenvalue weighted by atomic mass is 16.2. The van der Waals surface area contributed by atoms with Gasteiger partial charge in [-0.2, -0.15) is 0 Å². The highest BCUT2D eigenvalue weighted by molar-refractivity contribution is 5.92. The summed E-state index contributed by atoms with van der Waals surface area (Å²) in [7, 11) is 0. The summed E-state index contributed by atoms with van der Waals surface area (Å²) in [4.78, 5) is 14.4. The maximum Gasteiger partial charge on any atom is 0.274 e. The van der Waals surface area contributed by atoms with Crippen LogP contribution in [0.1, 0.15) is 50.5 Å². The molecular formula is C15H24N4O. The van der Waals surface area contributed by atoms with Crippen LogP contribution in [0.2, 0.25) is 0 Å². The van der Waals surface area contributed by atoms with Crippen LogP contribution in [0.4, 0.5) is 5.82 Å². The molecule has 1 aromatic heterocycles. The van der Waals surface area contributed by atoms with Crippen molar-refractivity contribution in [3.63, 3.8) is 0 Å². The van der Waals surface area contributed by atoms with Crippen molar-refractivity contribution in [2.24, 2.45) is 5.92 Å². The van der Waals surface area contributed by atoms with Crippen LogP contribution in [0.3, 0.4) is 0 Å². The van der Waals surface area contributed by atoms with Crippen molar-refractivity contribution in [3.05, 3.63) is 17.8 Å². The van der Waals surface area contributed by atoms with Crippen molar-refractivity contribution in [2.75, 3.05) is 18.4 Å². The third kappa shape index (κ3) is 3.92. The lowest BCUT2D eigenvalue weighted by molar-refractivity contribution is 0.0715. The number of anilines is 1. The van der Waals surface area contributed by atoms with Crippen LogP contribution >= 0.6 is 0 Å². The highest BCUT2D eigenvalue weighted by Crippen LogP contribution is 2.28. The van der Waals surface area contributed by atoms with Crippen LogP contribution in [0, 0.1) is 5.92 Å². The molecule has 0 aromatic carbocycles. The molecule has 0 saturated heterocycles. The molecule has 0 atom stereocenters. The second-order valence-electron chi connectivity index (χ2n) is 5.81. The van der Waals surface area contributed by atoms with Gasteiger partial charge >= 0.3 is 0 Å². The van der Waals surface area contributed by atoms with Gasteiger partial charge in [0.15, 0.2) is 5.69 Å². The van der Waals surface area contributed by atoms with Crippen LogP contribution in [-0.4, -0.2) is 40.1 Å². The molecule has 0 spiro atoms. The first kappa shape index (κ1) is 14.8. The van der Waals surface area contributed by atoms with Gasteiger partial charge in [-0.1, -0.05) is 20.8 Å². The number of hydrogen-bond donors (Lipinski definition) is 1. The molecule has 5 heteroatoms. The van der Waals surface area contributed by atoms with E-state index in [4.69, 9.17) is 0 Å². The lowest BCUT2D eigenvalue weighted by Gasteiger charge is -2.23. The van der Waals surface area contributed by atoms with Gasteiger partial charge < -0.3 is 10.2 Å². The average molecular weight is 276 g/mol. The number of nitrogens with one attached hydrogen (secondary N) is 1. The Balaban J connectivity index is 2.03. The second kappa shape index (κ2) is 6.68. The molecule has 1 aliphatic rings. The molecule has 1 aliphatic carbocycles. The maximum absolute atomic E-state index is 12.5. The topological polar surface area (TPSA) is 58.1 Å². The summed E-state index contributed by atoms with van der Waals surface area (Å²) >= 11 is 0. The number of aromatic nitrogens is 2. The normalized spacial score (nSPS) is 14.4. The fourth-order valence-electron chi connectivity index (χ4n) is 2.12. The van der Waals surface area contributed by atoms with E-state index < -0.39 is 0 Å². The number of rotatable bonds is 7. The second-order valence-corrected chi connectivity index (χ2v) is 5.81. The zero-order valence-electron chi connectivity index (χ0n) is 12.6. The average Bonchev–Trinajstić information content (AvgIpc) is 3.26. The van der Waals surface area contributed by atoms with Crippen molar-refractivity contribution in [2.45, 2.75) is 46.1 Å². The van der Waals surface area contributed by atoms with Crippen LogP contribution in [0.25, 0.3) is 0 Å². The number of carbonyl (C=O) groups is 1. The smallest absolute Gasteiger partial charge is 0.274 e. The van der Waals surface area contributed by atoms with Crippen molar-refractivity contribution < 1.29 is 4.79 Å². The van der Waals surface area contributed by atoms with Crippen molar-refractivity contribution in [3.8, 4) is 0 Å². The zero-order chi connectivity index (χ0) is 14.5. The van der Waals surface area contributed by atoms with Crippen molar-refractivity contribution in [1.82, 2.24) is 15.1 Å². The molecule has 0 unspecified atom stereocenters. The number of amides is 1. The Morgan fingerprint density at radius 1 is 1.40 bits per heavy atom. The van der Waals surface area contributed by atoms with E-state index in [0.29, 0.717) is 17.7 Å². The summed E-state index contributed by atoms with van der Waals surface area (Å²) in [6, 6.07) is 4.00. The molecule has 1 fully saturated rings. The molecule has 1 saturated carbocycles. The van der Waals surface area contributed by atoms with Gasteiger partial charge in [-0.05, 0) is 37.3 Å². The Morgan fingerprint density at radius 3 is 2.65 bits per heavy atom. The SMILES string of the molecule is CCCNc1ccc(C(=O)N(CC(C)C)C2CC2)nn1. The van der Waals surface area contributed by atoms with Gasteiger partial charge in [-0.3, -0.25) is 4.79 Å². The van der Waals surface area contributed by atoms with Gasteiger partial charge in [0.05, 0.1) is 0 Å². The fraction of sp³-hybridized carbons (Fsp3) is 0.667. The summed E-state index contributed by atoms with van der Waals surface area (Å²) in [6.07, 6.45) is 3.26. The molecule has 2 rings (SSSR count). The molecule has 110 valence electrons. The molecule has 1 N–H and O–H groups in total. The van der Waals surface area contributed by atoms with Gasteiger partial charge in [-0.25, -0.2) is 0 Å². The number of carbonyl (C=O) groups excluding carboxylic acids is 1. The van der Waals surface area contributed by atoms with Crippen LogP contribution in [0.15, 0.2) is 12.1 Å². The third-order valence-electron chi connectivity index (χ3n) is 3.25. The predicted molar refractivity (Wildman–Crippen MR) is 79.7 cm³/mol. The summed E-state index contributed by atoms with van der Waals surface area (Å²) in [5, 5.41) is 11.3. The molecule has 1 heterocycles. The van der Waals surface area contributed by atoms with Crippen molar-refractivity contribution in [1.29, 1.82) is 0 Å². The Bertz CT molecular complexity index is 440. The monoisotopic (exact) mass is 276 g/mol. The number of nitrogens with zero attached hydrogens (tertiary/aromatic N) is 3. The lowest BCUT2D eigenvalue weighted by atomic mass is 10.2. The Labute approximate surface area is 120 Å². The van der Waals surface area contributed by atoms with E-state index in [1.807, 2.05) is 11.0 Å². The number of hydrogen-bond acceptors (Lipinski definition) is 4. The van der Waals surface area contributed by atoms with Crippen LogP contribution < -0.4 is 5.32 Å². The first-order valence-electron chi connectivity index (χ1n) is 7.50. The molecule has 0 radical (unpaired) electrons. The quantitative estimate of drug-likeness (QED) is 0.831. The summed E-state index contributed by atoms with van der Waals surface area (Å²) in [5.41, 5.74) is 0.444. The summed E-state index contributed by atoms with van der Waals surface area (Å²) in [6.45, 7) is 8.01. The summed E-state index contributed by atoms with van der Waals surface area (Å²) < 4.78 is 0. The minimum absolute atomic E-state index is 0.00995. The van der Waals surface area contributed by atoms with Gasteiger partial charge in [0.25, 0.3) is 5.91 Å². The molecule has 20 heavy (non-hydrogen) atoms. The van der Waals surface area contributed by atoms with E-state index in [2.05, 4.69) is 36.3 Å². The van der Waals surface area contributed by atoms with E-state index >= 15 is 0 Å². The largest absolute Gasteiger partial charge is 0.369 e. The lowest BCUT2D eigenvalue weighted by Crippen LogP contribution is -2.36. The molecule has 1 amide bonds. The van der Waals surface area contributed by atoms with Gasteiger partial charge in [0.2, 0.25) is 0 Å². The van der Waals surface area contributed by atoms with E-state index in [0.717, 1.165) is 38.2 Å². The van der Waals surface area contributed by atoms with Crippen molar-refractivity contribution >= 4 is 11.7 Å². The Hall–Kier alpha value is -1.65. The van der Waals surface area contributed by atoms with Gasteiger partial charge in [0.1, 0.15) is 5.82 Å². The molecule has 0 aliphatic heterocycles.